The molecule has 0 saturated carbocycles. The van der Waals surface area contributed by atoms with Crippen LogP contribution in [0.1, 0.15) is 48.7 Å². The number of nitrogens with one attached hydrogen (secondary N) is 2. The van der Waals surface area contributed by atoms with Gasteiger partial charge in [-0.3, -0.25) is 14.5 Å². The van der Waals surface area contributed by atoms with Gasteiger partial charge in [-0.1, -0.05) is 18.2 Å². The van der Waals surface area contributed by atoms with E-state index in [9.17, 15) is 14.4 Å². The van der Waals surface area contributed by atoms with Crippen molar-refractivity contribution in [2.45, 2.75) is 51.5 Å². The van der Waals surface area contributed by atoms with Crippen LogP contribution in [0.5, 0.6) is 5.75 Å². The third-order valence-electron chi connectivity index (χ3n) is 7.85. The molecule has 11 nitrogen and oxygen atoms in total. The summed E-state index contributed by atoms with van der Waals surface area (Å²) in [5.41, 5.74) is 7.45. The normalized spacial score (nSPS) is 22.1. The molecule has 234 valence electrons. The van der Waals surface area contributed by atoms with Crippen molar-refractivity contribution in [3.8, 4) is 5.75 Å². The van der Waals surface area contributed by atoms with Crippen LogP contribution in [0.25, 0.3) is 0 Å². The van der Waals surface area contributed by atoms with E-state index < -0.39 is 17.2 Å². The summed E-state index contributed by atoms with van der Waals surface area (Å²) in [7, 11) is 0. The van der Waals surface area contributed by atoms with E-state index in [4.69, 9.17) is 19.9 Å². The molecule has 2 aromatic rings. The van der Waals surface area contributed by atoms with Gasteiger partial charge in [-0.25, -0.2) is 4.79 Å². The molecule has 2 unspecified atom stereocenters. The second-order valence-corrected chi connectivity index (χ2v) is 12.3. The molecule has 3 heterocycles. The Kier molecular flexibility index (Phi) is 8.98. The summed E-state index contributed by atoms with van der Waals surface area (Å²) in [4.78, 5) is 41.9. The Bertz CT molecular complexity index is 1480. The van der Waals surface area contributed by atoms with E-state index in [1.54, 1.807) is 41.4 Å². The Balaban J connectivity index is 1.32. The van der Waals surface area contributed by atoms with E-state index in [0.29, 0.717) is 68.4 Å². The number of primary amides is 1. The molecule has 2 saturated heterocycles. The molecule has 0 aliphatic carbocycles. The summed E-state index contributed by atoms with van der Waals surface area (Å²) in [5, 5.41) is 6.50. The summed E-state index contributed by atoms with van der Waals surface area (Å²) in [6.07, 6.45) is 5.34. The van der Waals surface area contributed by atoms with Gasteiger partial charge < -0.3 is 35.5 Å². The summed E-state index contributed by atoms with van der Waals surface area (Å²) in [6, 6.07) is 12.9. The van der Waals surface area contributed by atoms with Crippen LogP contribution in [0.15, 0.2) is 66.4 Å². The second kappa shape index (κ2) is 12.7. The number of hydrogen-bond donors (Lipinski definition) is 3. The van der Waals surface area contributed by atoms with Crippen molar-refractivity contribution in [1.29, 1.82) is 0 Å². The molecular formula is C33H41N5O6. The first-order valence-corrected chi connectivity index (χ1v) is 14.9. The van der Waals surface area contributed by atoms with Crippen LogP contribution in [0.2, 0.25) is 0 Å². The maximum absolute atomic E-state index is 13.5. The van der Waals surface area contributed by atoms with Crippen molar-refractivity contribution < 1.29 is 28.6 Å². The van der Waals surface area contributed by atoms with E-state index in [2.05, 4.69) is 15.5 Å². The highest BCUT2D eigenvalue weighted by molar-refractivity contribution is 6.05. The smallest absolute Gasteiger partial charge is 0.410 e. The quantitative estimate of drug-likeness (QED) is 0.437. The Morgan fingerprint density at radius 2 is 1.86 bits per heavy atom. The monoisotopic (exact) mass is 603 g/mol. The van der Waals surface area contributed by atoms with Gasteiger partial charge in [-0.05, 0) is 81.4 Å². The van der Waals surface area contributed by atoms with E-state index in [1.807, 2.05) is 52.0 Å². The van der Waals surface area contributed by atoms with Crippen molar-refractivity contribution in [2.75, 3.05) is 44.7 Å². The molecule has 0 aromatic heterocycles. The number of nitrogens with two attached hydrogens (primary N) is 1. The number of morpholine rings is 1. The lowest BCUT2D eigenvalue weighted by Crippen LogP contribution is -2.58. The number of ether oxygens (including phenoxy) is 3. The number of aryl methyl sites for hydroxylation is 1. The van der Waals surface area contributed by atoms with Crippen LogP contribution < -0.4 is 21.1 Å². The molecule has 0 bridgehead atoms. The van der Waals surface area contributed by atoms with Crippen molar-refractivity contribution in [3.63, 3.8) is 0 Å². The molecule has 3 aliphatic rings. The van der Waals surface area contributed by atoms with Gasteiger partial charge in [0.15, 0.2) is 0 Å². The molecule has 5 rings (SSSR count). The first kappa shape index (κ1) is 31.1. The van der Waals surface area contributed by atoms with Gasteiger partial charge >= 0.3 is 6.09 Å². The lowest BCUT2D eigenvalue weighted by atomic mass is 9.90. The summed E-state index contributed by atoms with van der Waals surface area (Å²) >= 11 is 0. The Hall–Kier alpha value is -4.35. The van der Waals surface area contributed by atoms with Gasteiger partial charge in [0.1, 0.15) is 23.1 Å². The van der Waals surface area contributed by atoms with Crippen LogP contribution in [0, 0.1) is 6.92 Å². The lowest BCUT2D eigenvalue weighted by molar-refractivity contribution is -0.114. The average Bonchev–Trinajstić information content (AvgIpc) is 3.46. The minimum Gasteiger partial charge on any atom is -0.488 e. The van der Waals surface area contributed by atoms with E-state index >= 15 is 0 Å². The Labute approximate surface area is 258 Å². The molecule has 3 amide bonds. The van der Waals surface area contributed by atoms with Gasteiger partial charge in [-0.15, -0.1) is 0 Å². The van der Waals surface area contributed by atoms with Crippen molar-refractivity contribution in [3.05, 3.63) is 83.1 Å². The van der Waals surface area contributed by atoms with Crippen molar-refractivity contribution in [2.24, 2.45) is 5.73 Å². The van der Waals surface area contributed by atoms with Gasteiger partial charge in [-0.2, -0.15) is 0 Å². The molecule has 44 heavy (non-hydrogen) atoms. The minimum absolute atomic E-state index is 0.202. The number of anilines is 1. The number of carbonyl (C=O) groups excluding carboxylic acids is 3. The average molecular weight is 604 g/mol. The molecule has 11 heteroatoms. The van der Waals surface area contributed by atoms with Crippen LogP contribution >= 0.6 is 0 Å². The summed E-state index contributed by atoms with van der Waals surface area (Å²) in [5.74, 6) is -0.256. The first-order chi connectivity index (χ1) is 20.9. The Morgan fingerprint density at radius 3 is 2.59 bits per heavy atom. The van der Waals surface area contributed by atoms with Crippen LogP contribution in [-0.2, 0) is 19.9 Å². The largest absolute Gasteiger partial charge is 0.488 e. The molecule has 2 aromatic carbocycles. The zero-order valence-electron chi connectivity index (χ0n) is 25.7. The SMILES string of the molecule is Cc1ccc(C2(N3CCOCC3)C=C(C(N)=O)C=CN2)cc1NC(=O)c1cccc(OC2CCN(C(=O)OC(C)(C)C)C2)c1. The van der Waals surface area contributed by atoms with E-state index in [-0.39, 0.29) is 18.1 Å². The van der Waals surface area contributed by atoms with Crippen LogP contribution in [0.3, 0.4) is 0 Å². The van der Waals surface area contributed by atoms with Gasteiger partial charge in [0, 0.05) is 42.9 Å². The number of hydrogen-bond acceptors (Lipinski definition) is 8. The fourth-order valence-corrected chi connectivity index (χ4v) is 5.58. The van der Waals surface area contributed by atoms with Crippen LogP contribution in [-0.4, -0.2) is 78.8 Å². The van der Waals surface area contributed by atoms with Crippen LogP contribution in [0.4, 0.5) is 10.5 Å². The highest BCUT2D eigenvalue weighted by atomic mass is 16.6. The number of nitrogens with zero attached hydrogens (tertiary/aromatic N) is 2. The highest BCUT2D eigenvalue weighted by Gasteiger charge is 2.39. The second-order valence-electron chi connectivity index (χ2n) is 12.3. The standard InChI is InChI=1S/C33H41N5O6/c1-22-8-9-25(33(38-14-16-42-17-15-38)20-24(29(34)39)10-12-35-33)19-28(22)36-30(40)23-6-5-7-26(18-23)43-27-11-13-37(21-27)31(41)44-32(2,3)4/h5-10,12,18-20,27,35H,11,13-17,21H2,1-4H3,(H2,34,39)(H,36,40). The molecular weight excluding hydrogens is 562 g/mol. The minimum atomic E-state index is -0.849. The molecule has 0 spiro atoms. The van der Waals surface area contributed by atoms with Crippen molar-refractivity contribution in [1.82, 2.24) is 15.1 Å². The number of amides is 3. The van der Waals surface area contributed by atoms with E-state index in [0.717, 1.165) is 11.1 Å². The highest BCUT2D eigenvalue weighted by Crippen LogP contribution is 2.35. The summed E-state index contributed by atoms with van der Waals surface area (Å²) in [6.45, 7) is 10.8. The number of rotatable bonds is 7. The third kappa shape index (κ3) is 7.06. The number of carbonyl (C=O) groups is 3. The molecule has 2 atom stereocenters. The van der Waals surface area contributed by atoms with Gasteiger partial charge in [0.05, 0.1) is 19.8 Å². The number of benzene rings is 2. The lowest BCUT2D eigenvalue weighted by Gasteiger charge is -2.46. The predicted molar refractivity (Wildman–Crippen MR) is 166 cm³/mol. The summed E-state index contributed by atoms with van der Waals surface area (Å²) < 4.78 is 17.2. The maximum atomic E-state index is 13.5. The molecule has 2 fully saturated rings. The van der Waals surface area contributed by atoms with Gasteiger partial charge in [0.2, 0.25) is 5.91 Å². The fourth-order valence-electron chi connectivity index (χ4n) is 5.58. The molecule has 0 radical (unpaired) electrons. The molecule has 4 N–H and O–H groups in total. The third-order valence-corrected chi connectivity index (χ3v) is 7.85. The zero-order chi connectivity index (χ0) is 31.5. The number of likely N-dealkylation sites (tertiary alicyclic amines) is 1. The topological polar surface area (TPSA) is 135 Å². The maximum Gasteiger partial charge on any atom is 0.410 e. The Morgan fingerprint density at radius 1 is 1.09 bits per heavy atom. The molecule has 3 aliphatic heterocycles. The van der Waals surface area contributed by atoms with E-state index in [1.165, 1.54) is 0 Å². The van der Waals surface area contributed by atoms with Crippen molar-refractivity contribution >= 4 is 23.6 Å². The first-order valence-electron chi connectivity index (χ1n) is 14.9. The number of dihydropyridines is 1. The fraction of sp³-hybridized carbons (Fsp3) is 0.424. The zero-order valence-corrected chi connectivity index (χ0v) is 25.7. The predicted octanol–water partition coefficient (Wildman–Crippen LogP) is 3.65. The van der Waals surface area contributed by atoms with Gasteiger partial charge in [0.25, 0.3) is 5.91 Å².